The number of nitrogen functional groups attached to an aromatic ring is 1. The summed E-state index contributed by atoms with van der Waals surface area (Å²) < 4.78 is 71.7. The highest BCUT2D eigenvalue weighted by Crippen LogP contribution is 2.29. The van der Waals surface area contributed by atoms with Crippen LogP contribution in [0.15, 0.2) is 47.4 Å². The van der Waals surface area contributed by atoms with Crippen molar-refractivity contribution >= 4 is 38.2 Å². The molecule has 3 aromatic rings. The molecule has 0 aliphatic carbocycles. The number of aromatic nitrogens is 1. The summed E-state index contributed by atoms with van der Waals surface area (Å²) in [6.07, 6.45) is -4.45. The normalized spacial score (nSPS) is 11.6. The standard InChI is InChI=1S/C22H21F3N4O4S/c1-14(30)28-34(31,32)16-8-9-19(21(12-16)33-2)27-10-4-5-15-11-17-18(26)6-3-7-20(17)29(15)13-22(23,24)25/h3,6-9,11-12,27H,10,13,26H2,1-2H3,(H,28,30). The van der Waals surface area contributed by atoms with E-state index in [2.05, 4.69) is 17.2 Å². The molecule has 0 spiro atoms. The van der Waals surface area contributed by atoms with Crippen LogP contribution in [0.2, 0.25) is 0 Å². The summed E-state index contributed by atoms with van der Waals surface area (Å²) in [6.45, 7) is -0.113. The summed E-state index contributed by atoms with van der Waals surface area (Å²) in [5.41, 5.74) is 7.12. The fourth-order valence-corrected chi connectivity index (χ4v) is 4.27. The van der Waals surface area contributed by atoms with Crippen molar-refractivity contribution in [1.29, 1.82) is 0 Å². The Labute approximate surface area is 193 Å². The number of anilines is 2. The predicted octanol–water partition coefficient (Wildman–Crippen LogP) is 3.08. The first-order valence-corrected chi connectivity index (χ1v) is 11.3. The summed E-state index contributed by atoms with van der Waals surface area (Å²) >= 11 is 0. The fraction of sp³-hybridized carbons (Fsp3) is 0.227. The van der Waals surface area contributed by atoms with Gasteiger partial charge in [0.1, 0.15) is 12.3 Å². The molecular formula is C22H21F3N4O4S. The average molecular weight is 494 g/mol. The number of nitrogens with zero attached hydrogens (tertiary/aromatic N) is 1. The number of methoxy groups -OCH3 is 1. The van der Waals surface area contributed by atoms with Gasteiger partial charge in [0.15, 0.2) is 0 Å². The van der Waals surface area contributed by atoms with Gasteiger partial charge in [-0.3, -0.25) is 4.79 Å². The Hall–Kier alpha value is -3.85. The van der Waals surface area contributed by atoms with Gasteiger partial charge in [0.05, 0.1) is 35.4 Å². The molecule has 180 valence electrons. The number of nitrogens with two attached hydrogens (primary N) is 1. The van der Waals surface area contributed by atoms with E-state index < -0.39 is 28.7 Å². The van der Waals surface area contributed by atoms with Gasteiger partial charge in [0.2, 0.25) is 5.91 Å². The van der Waals surface area contributed by atoms with Gasteiger partial charge in [-0.2, -0.15) is 13.2 Å². The minimum absolute atomic E-state index is 0.0250. The Morgan fingerprint density at radius 3 is 2.59 bits per heavy atom. The van der Waals surface area contributed by atoms with Crippen LogP contribution in [0.3, 0.4) is 0 Å². The van der Waals surface area contributed by atoms with Gasteiger partial charge in [-0.05, 0) is 36.3 Å². The number of halogens is 3. The number of carbonyl (C=O) groups excluding carboxylic acids is 1. The van der Waals surface area contributed by atoms with Crippen LogP contribution in [0, 0.1) is 11.8 Å². The van der Waals surface area contributed by atoms with Crippen LogP contribution in [0.4, 0.5) is 24.5 Å². The molecule has 1 amide bonds. The summed E-state index contributed by atoms with van der Waals surface area (Å²) in [7, 11) is -2.71. The van der Waals surface area contributed by atoms with Crippen LogP contribution in [-0.4, -0.2) is 38.7 Å². The molecule has 0 radical (unpaired) electrons. The number of hydrogen-bond acceptors (Lipinski definition) is 6. The minimum atomic E-state index is -4.45. The van der Waals surface area contributed by atoms with E-state index in [1.54, 1.807) is 18.2 Å². The lowest BCUT2D eigenvalue weighted by Crippen LogP contribution is -2.28. The zero-order chi connectivity index (χ0) is 25.1. The van der Waals surface area contributed by atoms with E-state index in [0.717, 1.165) is 11.5 Å². The number of fused-ring (bicyclic) bond motifs is 1. The Balaban J connectivity index is 1.84. The molecule has 4 N–H and O–H groups in total. The smallest absolute Gasteiger partial charge is 0.406 e. The van der Waals surface area contributed by atoms with E-state index in [0.29, 0.717) is 22.3 Å². The molecule has 1 aromatic heterocycles. The van der Waals surface area contributed by atoms with Crippen molar-refractivity contribution in [2.45, 2.75) is 24.5 Å². The summed E-state index contributed by atoms with van der Waals surface area (Å²) in [5, 5.41) is 3.40. The first-order valence-electron chi connectivity index (χ1n) is 9.80. The molecule has 0 aliphatic rings. The molecule has 0 saturated heterocycles. The lowest BCUT2D eigenvalue weighted by Gasteiger charge is -2.12. The zero-order valence-electron chi connectivity index (χ0n) is 18.2. The van der Waals surface area contributed by atoms with Gasteiger partial charge in [0.25, 0.3) is 10.0 Å². The van der Waals surface area contributed by atoms with Crippen LogP contribution < -0.4 is 20.5 Å². The van der Waals surface area contributed by atoms with Crippen LogP contribution in [0.1, 0.15) is 12.6 Å². The molecule has 0 bridgehead atoms. The molecule has 0 atom stereocenters. The first kappa shape index (κ1) is 24.8. The Morgan fingerprint density at radius 2 is 1.94 bits per heavy atom. The second-order valence-corrected chi connectivity index (χ2v) is 8.87. The first-order chi connectivity index (χ1) is 15.9. The van der Waals surface area contributed by atoms with E-state index in [1.807, 2.05) is 4.72 Å². The average Bonchev–Trinajstić information content (AvgIpc) is 3.07. The minimum Gasteiger partial charge on any atom is -0.495 e. The summed E-state index contributed by atoms with van der Waals surface area (Å²) in [6, 6.07) is 10.1. The quantitative estimate of drug-likeness (QED) is 0.358. The zero-order valence-corrected chi connectivity index (χ0v) is 19.0. The molecule has 1 heterocycles. The Bertz CT molecular complexity index is 1400. The third-order valence-corrected chi connectivity index (χ3v) is 6.09. The van der Waals surface area contributed by atoms with E-state index in [1.165, 1.54) is 31.4 Å². The Kier molecular flexibility index (Phi) is 6.97. The van der Waals surface area contributed by atoms with Crippen molar-refractivity contribution in [2.75, 3.05) is 24.7 Å². The van der Waals surface area contributed by atoms with Gasteiger partial charge < -0.3 is 20.4 Å². The third kappa shape index (κ3) is 5.74. The van der Waals surface area contributed by atoms with Crippen LogP contribution >= 0.6 is 0 Å². The molecule has 0 aliphatic heterocycles. The lowest BCUT2D eigenvalue weighted by atomic mass is 10.2. The van der Waals surface area contributed by atoms with E-state index >= 15 is 0 Å². The summed E-state index contributed by atoms with van der Waals surface area (Å²) in [5.74, 6) is 4.92. The van der Waals surface area contributed by atoms with Crippen molar-refractivity contribution in [1.82, 2.24) is 9.29 Å². The predicted molar refractivity (Wildman–Crippen MR) is 122 cm³/mol. The maximum atomic E-state index is 13.1. The number of hydrogen-bond donors (Lipinski definition) is 3. The third-order valence-electron chi connectivity index (χ3n) is 4.66. The second-order valence-electron chi connectivity index (χ2n) is 7.19. The maximum Gasteiger partial charge on any atom is 0.406 e. The van der Waals surface area contributed by atoms with E-state index in [9.17, 15) is 26.4 Å². The molecule has 12 heteroatoms. The van der Waals surface area contributed by atoms with Gasteiger partial charge >= 0.3 is 6.18 Å². The highest BCUT2D eigenvalue weighted by molar-refractivity contribution is 7.90. The van der Waals surface area contributed by atoms with Crippen LogP contribution in [-0.2, 0) is 21.4 Å². The van der Waals surface area contributed by atoms with Crippen LogP contribution in [0.25, 0.3) is 10.9 Å². The number of alkyl halides is 3. The molecule has 8 nitrogen and oxygen atoms in total. The molecule has 0 fully saturated rings. The molecule has 34 heavy (non-hydrogen) atoms. The number of benzene rings is 2. The van der Waals surface area contributed by atoms with E-state index in [-0.39, 0.29) is 22.9 Å². The number of ether oxygens (including phenoxy) is 1. The van der Waals surface area contributed by atoms with E-state index in [4.69, 9.17) is 10.5 Å². The van der Waals surface area contributed by atoms with Gasteiger partial charge in [-0.15, -0.1) is 0 Å². The number of sulfonamides is 1. The molecule has 3 rings (SSSR count). The van der Waals surface area contributed by atoms with Crippen molar-refractivity contribution in [3.63, 3.8) is 0 Å². The maximum absolute atomic E-state index is 13.1. The highest BCUT2D eigenvalue weighted by Gasteiger charge is 2.29. The van der Waals surface area contributed by atoms with Crippen molar-refractivity contribution < 1.29 is 31.1 Å². The fourth-order valence-electron chi connectivity index (χ4n) is 3.27. The van der Waals surface area contributed by atoms with Crippen molar-refractivity contribution in [2.24, 2.45) is 0 Å². The van der Waals surface area contributed by atoms with Crippen molar-refractivity contribution in [3.05, 3.63) is 48.2 Å². The summed E-state index contributed by atoms with van der Waals surface area (Å²) in [4.78, 5) is 10.9. The Morgan fingerprint density at radius 1 is 1.21 bits per heavy atom. The molecule has 2 aromatic carbocycles. The lowest BCUT2D eigenvalue weighted by molar-refractivity contribution is -0.140. The van der Waals surface area contributed by atoms with Gasteiger partial charge in [-0.1, -0.05) is 12.0 Å². The number of nitrogens with one attached hydrogen (secondary N) is 2. The van der Waals surface area contributed by atoms with Crippen LogP contribution in [0.5, 0.6) is 5.75 Å². The number of rotatable bonds is 6. The SMILES string of the molecule is COc1cc(S(=O)(=O)NC(C)=O)ccc1NCC#Cc1cc2c(N)cccc2n1CC(F)(F)F. The number of carbonyl (C=O) groups is 1. The number of amides is 1. The highest BCUT2D eigenvalue weighted by atomic mass is 32.2. The van der Waals surface area contributed by atoms with Gasteiger partial charge in [-0.25, -0.2) is 13.1 Å². The second kappa shape index (κ2) is 9.56. The van der Waals surface area contributed by atoms with Crippen molar-refractivity contribution in [3.8, 4) is 17.6 Å². The monoisotopic (exact) mass is 494 g/mol. The largest absolute Gasteiger partial charge is 0.495 e. The molecular weight excluding hydrogens is 473 g/mol. The molecule has 0 saturated carbocycles. The topological polar surface area (TPSA) is 115 Å². The van der Waals surface area contributed by atoms with Gasteiger partial charge in [0, 0.05) is 24.1 Å². The molecule has 0 unspecified atom stereocenters.